The molecule has 1 aromatic heterocycles. The summed E-state index contributed by atoms with van der Waals surface area (Å²) >= 11 is 0. The van der Waals surface area contributed by atoms with Gasteiger partial charge in [-0.1, -0.05) is 0 Å². The minimum Gasteiger partial charge on any atom is -0.328 e. The molecule has 0 spiro atoms. The van der Waals surface area contributed by atoms with Gasteiger partial charge in [0, 0.05) is 35.4 Å². The number of non-ortho nitro benzene ring substituents is 1. The number of aromatic nitrogens is 1. The van der Waals surface area contributed by atoms with Gasteiger partial charge in [-0.05, 0) is 12.1 Å². The van der Waals surface area contributed by atoms with Gasteiger partial charge in [0.15, 0.2) is 12.4 Å². The third-order valence-corrected chi connectivity index (χ3v) is 4.32. The summed E-state index contributed by atoms with van der Waals surface area (Å²) in [4.78, 5) is 29.0. The number of pyridine rings is 1. The Hall–Kier alpha value is -2.80. The van der Waals surface area contributed by atoms with Gasteiger partial charge in [-0.2, -0.15) is 0 Å². The Labute approximate surface area is 139 Å². The second-order valence-electron chi connectivity index (χ2n) is 5.93. The van der Waals surface area contributed by atoms with E-state index in [0.29, 0.717) is 18.7 Å². The van der Waals surface area contributed by atoms with Crippen LogP contribution in [0.4, 0.5) is 5.69 Å². The second kappa shape index (κ2) is 7.18. The molecule has 0 aliphatic carbocycles. The minimum atomic E-state index is -0.461. The molecule has 0 saturated carbocycles. The number of amides is 1. The highest BCUT2D eigenvalue weighted by atomic mass is 16.6. The van der Waals surface area contributed by atoms with Gasteiger partial charge in [-0.25, -0.2) is 4.98 Å². The predicted octanol–water partition coefficient (Wildman–Crippen LogP) is -0.0502. The number of H-pyrrole nitrogens is 1. The lowest BCUT2D eigenvalue weighted by Crippen LogP contribution is -3.13. The van der Waals surface area contributed by atoms with Crippen LogP contribution in [0, 0.1) is 10.1 Å². The van der Waals surface area contributed by atoms with E-state index in [1.807, 2.05) is 17.3 Å². The molecule has 2 aromatic rings. The largest absolute Gasteiger partial charge is 0.328 e. The first kappa shape index (κ1) is 16.1. The van der Waals surface area contributed by atoms with Crippen molar-refractivity contribution < 1.29 is 19.6 Å². The molecule has 1 aliphatic heterocycles. The van der Waals surface area contributed by atoms with Crippen LogP contribution in [0.2, 0.25) is 0 Å². The van der Waals surface area contributed by atoms with Crippen molar-refractivity contribution in [2.45, 2.75) is 6.54 Å². The summed E-state index contributed by atoms with van der Waals surface area (Å²) < 4.78 is 0. The van der Waals surface area contributed by atoms with E-state index in [4.69, 9.17) is 0 Å². The summed E-state index contributed by atoms with van der Waals surface area (Å²) in [7, 11) is 0. The van der Waals surface area contributed by atoms with Crippen molar-refractivity contribution in [2.75, 3.05) is 26.2 Å². The lowest BCUT2D eigenvalue weighted by Gasteiger charge is -2.32. The van der Waals surface area contributed by atoms with E-state index >= 15 is 0 Å². The van der Waals surface area contributed by atoms with Crippen LogP contribution in [-0.2, 0) is 6.54 Å². The van der Waals surface area contributed by atoms with E-state index < -0.39 is 4.92 Å². The topological polar surface area (TPSA) is 82.0 Å². The molecule has 1 saturated heterocycles. The molecule has 1 fully saturated rings. The van der Waals surface area contributed by atoms with Gasteiger partial charge >= 0.3 is 0 Å². The summed E-state index contributed by atoms with van der Waals surface area (Å²) in [5.41, 5.74) is 1.78. The Morgan fingerprint density at radius 2 is 1.75 bits per heavy atom. The zero-order chi connectivity index (χ0) is 16.9. The number of piperazine rings is 1. The number of rotatable bonds is 4. The van der Waals surface area contributed by atoms with E-state index in [0.717, 1.165) is 19.6 Å². The van der Waals surface area contributed by atoms with Crippen LogP contribution in [0.5, 0.6) is 0 Å². The van der Waals surface area contributed by atoms with Crippen LogP contribution >= 0.6 is 0 Å². The monoisotopic (exact) mass is 328 g/mol. The van der Waals surface area contributed by atoms with Crippen molar-refractivity contribution in [1.29, 1.82) is 0 Å². The number of nitrogens with zero attached hydrogens (tertiary/aromatic N) is 2. The summed E-state index contributed by atoms with van der Waals surface area (Å²) in [5.74, 6) is -0.0572. The van der Waals surface area contributed by atoms with Crippen molar-refractivity contribution in [3.05, 3.63) is 70.0 Å². The first-order chi connectivity index (χ1) is 11.6. The summed E-state index contributed by atoms with van der Waals surface area (Å²) in [6.45, 7) is 4.15. The van der Waals surface area contributed by atoms with Crippen molar-refractivity contribution in [3.8, 4) is 0 Å². The van der Waals surface area contributed by atoms with Crippen LogP contribution in [0.1, 0.15) is 15.9 Å². The second-order valence-corrected chi connectivity index (χ2v) is 5.93. The normalized spacial score (nSPS) is 15.2. The SMILES string of the molecule is O=C(c1ccc([N+](=O)[O-])cc1)N1CC[NH+](Cc2cc[nH+]cc2)CC1. The molecule has 0 atom stereocenters. The number of quaternary nitrogens is 1. The molecule has 1 aliphatic rings. The van der Waals surface area contributed by atoms with Gasteiger partial charge in [-0.15, -0.1) is 0 Å². The molecule has 1 amide bonds. The highest BCUT2D eigenvalue weighted by Crippen LogP contribution is 2.13. The predicted molar refractivity (Wildman–Crippen MR) is 86.4 cm³/mol. The van der Waals surface area contributed by atoms with Crippen LogP contribution in [0.15, 0.2) is 48.8 Å². The van der Waals surface area contributed by atoms with E-state index in [-0.39, 0.29) is 11.6 Å². The molecule has 2 N–H and O–H groups in total. The average Bonchev–Trinajstić information content (AvgIpc) is 2.63. The molecule has 24 heavy (non-hydrogen) atoms. The Bertz CT molecular complexity index is 710. The molecule has 0 unspecified atom stereocenters. The van der Waals surface area contributed by atoms with Gasteiger partial charge in [0.2, 0.25) is 0 Å². The Morgan fingerprint density at radius 1 is 1.12 bits per heavy atom. The van der Waals surface area contributed by atoms with Gasteiger partial charge in [-0.3, -0.25) is 14.9 Å². The molecule has 7 nitrogen and oxygen atoms in total. The van der Waals surface area contributed by atoms with Gasteiger partial charge in [0.1, 0.15) is 6.54 Å². The number of nitro groups is 1. The van der Waals surface area contributed by atoms with Crippen molar-refractivity contribution in [3.63, 3.8) is 0 Å². The van der Waals surface area contributed by atoms with Crippen LogP contribution in [0.3, 0.4) is 0 Å². The fourth-order valence-corrected chi connectivity index (χ4v) is 2.94. The van der Waals surface area contributed by atoms with Crippen molar-refractivity contribution in [1.82, 2.24) is 4.90 Å². The Kier molecular flexibility index (Phi) is 4.81. The third kappa shape index (κ3) is 3.75. The third-order valence-electron chi connectivity index (χ3n) is 4.32. The van der Waals surface area contributed by atoms with Crippen LogP contribution < -0.4 is 9.88 Å². The number of hydrogen-bond donors (Lipinski definition) is 1. The lowest BCUT2D eigenvalue weighted by molar-refractivity contribution is -0.917. The van der Waals surface area contributed by atoms with Gasteiger partial charge in [0.25, 0.3) is 11.6 Å². The summed E-state index contributed by atoms with van der Waals surface area (Å²) in [6, 6.07) is 9.95. The van der Waals surface area contributed by atoms with Crippen LogP contribution in [0.25, 0.3) is 0 Å². The average molecular weight is 328 g/mol. The highest BCUT2D eigenvalue weighted by Gasteiger charge is 2.25. The fraction of sp³-hybridized carbons (Fsp3) is 0.294. The highest BCUT2D eigenvalue weighted by molar-refractivity contribution is 5.94. The molecule has 7 heteroatoms. The molecular weight excluding hydrogens is 308 g/mol. The zero-order valence-electron chi connectivity index (χ0n) is 13.3. The standard InChI is InChI=1S/C17H18N4O3/c22-17(15-1-3-16(4-2-15)21(23)24)20-11-9-19(10-12-20)13-14-5-7-18-8-6-14/h1-8H,9-13H2/p+2. The number of nitrogens with one attached hydrogen (secondary N) is 2. The lowest BCUT2D eigenvalue weighted by atomic mass is 10.1. The molecule has 0 bridgehead atoms. The number of carbonyl (C=O) groups excluding carboxylic acids is 1. The smallest absolute Gasteiger partial charge is 0.269 e. The van der Waals surface area contributed by atoms with E-state index in [2.05, 4.69) is 17.1 Å². The Balaban J connectivity index is 1.56. The van der Waals surface area contributed by atoms with E-state index in [1.165, 1.54) is 34.7 Å². The number of nitro benzene ring substituents is 1. The molecule has 1 aromatic carbocycles. The maximum atomic E-state index is 12.5. The number of aromatic amines is 1. The van der Waals surface area contributed by atoms with Crippen molar-refractivity contribution >= 4 is 11.6 Å². The molecule has 0 radical (unpaired) electrons. The number of benzene rings is 1. The molecule has 3 rings (SSSR count). The summed E-state index contributed by atoms with van der Waals surface area (Å²) in [5, 5.41) is 10.7. The maximum absolute atomic E-state index is 12.5. The van der Waals surface area contributed by atoms with Gasteiger partial charge < -0.3 is 9.80 Å². The number of carbonyl (C=O) groups is 1. The maximum Gasteiger partial charge on any atom is 0.269 e. The van der Waals surface area contributed by atoms with E-state index in [1.54, 1.807) is 0 Å². The molecule has 2 heterocycles. The first-order valence-corrected chi connectivity index (χ1v) is 7.96. The summed E-state index contributed by atoms with van der Waals surface area (Å²) in [6.07, 6.45) is 3.84. The Morgan fingerprint density at radius 3 is 2.33 bits per heavy atom. The van der Waals surface area contributed by atoms with Gasteiger partial charge in [0.05, 0.1) is 31.1 Å². The van der Waals surface area contributed by atoms with E-state index in [9.17, 15) is 14.9 Å². The quantitative estimate of drug-likeness (QED) is 0.631. The van der Waals surface area contributed by atoms with Crippen LogP contribution in [-0.4, -0.2) is 41.9 Å². The minimum absolute atomic E-state index is 0.000852. The van der Waals surface area contributed by atoms with Crippen molar-refractivity contribution in [2.24, 2.45) is 0 Å². The molecule has 124 valence electrons. The number of hydrogen-bond acceptors (Lipinski definition) is 3. The first-order valence-electron chi connectivity index (χ1n) is 7.96. The molecular formula is C17H20N4O3+2. The zero-order valence-corrected chi connectivity index (χ0v) is 13.3. The fourth-order valence-electron chi connectivity index (χ4n) is 2.94.